The van der Waals surface area contributed by atoms with E-state index >= 15 is 0 Å². The molecule has 3 rings (SSSR count). The van der Waals surface area contributed by atoms with Crippen LogP contribution < -0.4 is 20.7 Å². The maximum atomic E-state index is 12.0. The number of halogens is 1. The predicted octanol–water partition coefficient (Wildman–Crippen LogP) is 2.20. The summed E-state index contributed by atoms with van der Waals surface area (Å²) < 4.78 is 5.45. The first-order valence-electron chi connectivity index (χ1n) is 8.31. The Bertz CT molecular complexity index is 870. The number of ether oxygens (including phenoxy) is 1. The fourth-order valence-electron chi connectivity index (χ4n) is 2.77. The van der Waals surface area contributed by atoms with Crippen LogP contribution in [0.3, 0.4) is 0 Å². The molecular weight excluding hydrogens is 370 g/mol. The second kappa shape index (κ2) is 8.09. The lowest BCUT2D eigenvalue weighted by molar-refractivity contribution is -0.123. The number of carbonyl (C=O) groups is 3. The molecule has 1 unspecified atom stereocenters. The van der Waals surface area contributed by atoms with Gasteiger partial charge in [-0.15, -0.1) is 0 Å². The average molecular weight is 388 g/mol. The molecule has 3 amide bonds. The summed E-state index contributed by atoms with van der Waals surface area (Å²) in [5, 5.41) is 3.11. The Morgan fingerprint density at radius 1 is 1.19 bits per heavy atom. The number of benzene rings is 2. The monoisotopic (exact) mass is 387 g/mol. The Labute approximate surface area is 161 Å². The van der Waals surface area contributed by atoms with E-state index < -0.39 is 11.8 Å². The van der Waals surface area contributed by atoms with Gasteiger partial charge in [-0.1, -0.05) is 23.7 Å². The number of carbonyl (C=O) groups excluding carboxylic acids is 3. The lowest BCUT2D eigenvalue weighted by atomic mass is 10.1. The van der Waals surface area contributed by atoms with Gasteiger partial charge in [-0.25, -0.2) is 0 Å². The smallest absolute Gasteiger partial charge is 0.262 e. The van der Waals surface area contributed by atoms with Gasteiger partial charge in [-0.2, -0.15) is 0 Å². The van der Waals surface area contributed by atoms with Gasteiger partial charge in [0, 0.05) is 18.7 Å². The van der Waals surface area contributed by atoms with E-state index in [0.717, 1.165) is 0 Å². The quantitative estimate of drug-likeness (QED) is 0.793. The zero-order valence-corrected chi connectivity index (χ0v) is 15.1. The summed E-state index contributed by atoms with van der Waals surface area (Å²) in [6.45, 7) is 0.0889. The van der Waals surface area contributed by atoms with Gasteiger partial charge in [0.2, 0.25) is 11.8 Å². The van der Waals surface area contributed by atoms with Gasteiger partial charge in [0.15, 0.2) is 6.61 Å². The number of anilines is 2. The minimum absolute atomic E-state index is 0.121. The number of amides is 3. The van der Waals surface area contributed by atoms with E-state index in [1.807, 2.05) is 0 Å². The molecule has 3 N–H and O–H groups in total. The Morgan fingerprint density at radius 3 is 2.52 bits per heavy atom. The van der Waals surface area contributed by atoms with Crippen LogP contribution in [0.15, 0.2) is 48.5 Å². The molecule has 0 radical (unpaired) electrons. The third-order valence-electron chi connectivity index (χ3n) is 4.19. The van der Waals surface area contributed by atoms with Crippen LogP contribution in [-0.4, -0.2) is 30.9 Å². The molecule has 2 aromatic carbocycles. The fraction of sp³-hybridized carbons (Fsp3) is 0.211. The molecule has 0 spiro atoms. The summed E-state index contributed by atoms with van der Waals surface area (Å²) in [6, 6.07) is 13.6. The summed E-state index contributed by atoms with van der Waals surface area (Å²) in [5.41, 5.74) is 6.44. The van der Waals surface area contributed by atoms with Gasteiger partial charge >= 0.3 is 0 Å². The van der Waals surface area contributed by atoms with Crippen LogP contribution in [0.5, 0.6) is 5.75 Å². The second-order valence-corrected chi connectivity index (χ2v) is 6.53. The molecule has 1 aliphatic rings. The topological polar surface area (TPSA) is 102 Å². The van der Waals surface area contributed by atoms with Crippen molar-refractivity contribution in [3.63, 3.8) is 0 Å². The lowest BCUT2D eigenvalue weighted by Crippen LogP contribution is -2.28. The molecule has 0 aliphatic carbocycles. The molecule has 27 heavy (non-hydrogen) atoms. The van der Waals surface area contributed by atoms with Crippen molar-refractivity contribution in [3.05, 3.63) is 53.6 Å². The highest BCUT2D eigenvalue weighted by Crippen LogP contribution is 2.27. The van der Waals surface area contributed by atoms with Crippen molar-refractivity contribution in [1.82, 2.24) is 0 Å². The highest BCUT2D eigenvalue weighted by Gasteiger charge is 2.33. The van der Waals surface area contributed by atoms with Gasteiger partial charge in [0.05, 0.1) is 16.6 Å². The molecule has 2 aromatic rings. The van der Waals surface area contributed by atoms with Crippen LogP contribution >= 0.6 is 11.6 Å². The van der Waals surface area contributed by atoms with Crippen LogP contribution in [0.25, 0.3) is 0 Å². The highest BCUT2D eigenvalue weighted by atomic mass is 35.5. The van der Waals surface area contributed by atoms with E-state index in [0.29, 0.717) is 22.1 Å². The van der Waals surface area contributed by atoms with Crippen molar-refractivity contribution in [3.8, 4) is 5.75 Å². The van der Waals surface area contributed by atoms with E-state index in [4.69, 9.17) is 22.1 Å². The Morgan fingerprint density at radius 2 is 1.89 bits per heavy atom. The first kappa shape index (κ1) is 18.7. The summed E-state index contributed by atoms with van der Waals surface area (Å²) >= 11 is 5.99. The van der Waals surface area contributed by atoms with Crippen LogP contribution in [0, 0.1) is 5.92 Å². The van der Waals surface area contributed by atoms with Crippen molar-refractivity contribution in [1.29, 1.82) is 0 Å². The molecule has 1 fully saturated rings. The molecule has 1 saturated heterocycles. The van der Waals surface area contributed by atoms with Crippen molar-refractivity contribution < 1.29 is 19.1 Å². The van der Waals surface area contributed by atoms with Crippen LogP contribution in [0.1, 0.15) is 6.42 Å². The van der Waals surface area contributed by atoms with Crippen LogP contribution in [0.2, 0.25) is 5.02 Å². The summed E-state index contributed by atoms with van der Waals surface area (Å²) in [5.74, 6) is -0.957. The third kappa shape index (κ3) is 4.57. The van der Waals surface area contributed by atoms with E-state index in [1.165, 1.54) is 4.90 Å². The number of nitrogens with one attached hydrogen (secondary N) is 1. The molecule has 140 valence electrons. The van der Waals surface area contributed by atoms with Crippen LogP contribution in [-0.2, 0) is 14.4 Å². The molecule has 0 aromatic heterocycles. The minimum Gasteiger partial charge on any atom is -0.484 e. The van der Waals surface area contributed by atoms with Gasteiger partial charge in [-0.3, -0.25) is 14.4 Å². The maximum absolute atomic E-state index is 12.0. The van der Waals surface area contributed by atoms with Gasteiger partial charge in [-0.05, 0) is 36.4 Å². The zero-order chi connectivity index (χ0) is 19.4. The standard InChI is InChI=1S/C19H18ClN3O4/c20-15-3-1-2-4-16(15)22-17(24)11-27-14-7-5-13(6-8-14)23-10-12(19(21)26)9-18(23)25/h1-8,12H,9-11H2,(H2,21,26)(H,22,24). The van der Waals surface area contributed by atoms with Gasteiger partial charge in [0.1, 0.15) is 5.75 Å². The van der Waals surface area contributed by atoms with Crippen molar-refractivity contribution in [2.24, 2.45) is 11.7 Å². The SMILES string of the molecule is NC(=O)C1CC(=O)N(c2ccc(OCC(=O)Nc3ccccc3Cl)cc2)C1. The number of rotatable bonds is 6. The van der Waals surface area contributed by atoms with Crippen molar-refractivity contribution in [2.45, 2.75) is 6.42 Å². The maximum Gasteiger partial charge on any atom is 0.262 e. The Kier molecular flexibility index (Phi) is 5.61. The number of primary amides is 1. The third-order valence-corrected chi connectivity index (χ3v) is 4.52. The number of nitrogens with zero attached hydrogens (tertiary/aromatic N) is 1. The Hall–Kier alpha value is -3.06. The minimum atomic E-state index is -0.477. The molecule has 0 bridgehead atoms. The second-order valence-electron chi connectivity index (χ2n) is 6.12. The van der Waals surface area contributed by atoms with Crippen molar-refractivity contribution >= 4 is 40.7 Å². The van der Waals surface area contributed by atoms with E-state index in [9.17, 15) is 14.4 Å². The summed E-state index contributed by atoms with van der Waals surface area (Å²) in [7, 11) is 0. The summed E-state index contributed by atoms with van der Waals surface area (Å²) in [6.07, 6.45) is 0.121. The van der Waals surface area contributed by atoms with Crippen LogP contribution in [0.4, 0.5) is 11.4 Å². The largest absolute Gasteiger partial charge is 0.484 e. The molecule has 1 heterocycles. The Balaban J connectivity index is 1.55. The average Bonchev–Trinajstić information content (AvgIpc) is 3.04. The summed E-state index contributed by atoms with van der Waals surface area (Å²) in [4.78, 5) is 36.8. The lowest BCUT2D eigenvalue weighted by Gasteiger charge is -2.16. The number of hydrogen-bond donors (Lipinski definition) is 2. The van der Waals surface area contributed by atoms with E-state index in [-0.39, 0.29) is 31.4 Å². The van der Waals surface area contributed by atoms with E-state index in [2.05, 4.69) is 5.32 Å². The normalized spacial score (nSPS) is 16.3. The van der Waals surface area contributed by atoms with Gasteiger partial charge in [0.25, 0.3) is 5.91 Å². The first-order valence-corrected chi connectivity index (χ1v) is 8.69. The molecule has 1 atom stereocenters. The fourth-order valence-corrected chi connectivity index (χ4v) is 2.95. The molecular formula is C19H18ClN3O4. The predicted molar refractivity (Wildman–Crippen MR) is 102 cm³/mol. The molecule has 1 aliphatic heterocycles. The highest BCUT2D eigenvalue weighted by molar-refractivity contribution is 6.33. The number of nitrogens with two attached hydrogens (primary N) is 1. The first-order chi connectivity index (χ1) is 12.9. The number of hydrogen-bond acceptors (Lipinski definition) is 4. The number of para-hydroxylation sites is 1. The molecule has 8 heteroatoms. The van der Waals surface area contributed by atoms with Crippen molar-refractivity contribution in [2.75, 3.05) is 23.4 Å². The van der Waals surface area contributed by atoms with E-state index in [1.54, 1.807) is 48.5 Å². The van der Waals surface area contributed by atoms with Gasteiger partial charge < -0.3 is 20.7 Å². The zero-order valence-electron chi connectivity index (χ0n) is 14.4. The molecule has 7 nitrogen and oxygen atoms in total. The molecule has 0 saturated carbocycles.